The maximum Gasteiger partial charge on any atom is 0.155 e. The Kier molecular flexibility index (Phi) is 5.28. The van der Waals surface area contributed by atoms with Gasteiger partial charge in [0, 0.05) is 11.8 Å². The molecule has 31 heavy (non-hydrogen) atoms. The number of fused-ring (bicyclic) bond motifs is 5. The number of benzene rings is 1. The smallest absolute Gasteiger partial charge is 0.155 e. The van der Waals surface area contributed by atoms with E-state index in [1.165, 1.54) is 23.1 Å². The minimum Gasteiger partial charge on any atom is -0.385 e. The van der Waals surface area contributed by atoms with Crippen molar-refractivity contribution in [3.8, 4) is 0 Å². The molecular weight excluding hydrogens is 380 g/mol. The fraction of sp³-hybridized carbons (Fsp3) is 0.621. The standard InChI is InChI=1S/C29H38O2/c1-4-5-15-29(31)16-14-26-24-12-10-21-17-22(30)11-13-23(21)27(24)25(18-28(26,29)3)20-8-6-19(2)7-9-20/h5-9,15,17,23-27,31H,4,10-14,16,18H2,1-3H3/b15-5-/t23-,24?,25+,26?,27?,28-,29-/m0/s1. The van der Waals surface area contributed by atoms with Gasteiger partial charge in [0.1, 0.15) is 0 Å². The molecule has 4 aliphatic rings. The molecule has 1 aromatic carbocycles. The highest BCUT2D eigenvalue weighted by atomic mass is 16.3. The van der Waals surface area contributed by atoms with Crippen LogP contribution in [0, 0.1) is 36.0 Å². The van der Waals surface area contributed by atoms with Gasteiger partial charge in [-0.1, -0.05) is 61.4 Å². The minimum absolute atomic E-state index is 0.0822. The number of carbonyl (C=O) groups is 1. The highest BCUT2D eigenvalue weighted by Crippen LogP contribution is 2.68. The van der Waals surface area contributed by atoms with E-state index in [1.807, 2.05) is 6.08 Å². The van der Waals surface area contributed by atoms with Gasteiger partial charge in [-0.2, -0.15) is 0 Å². The second-order valence-corrected chi connectivity index (χ2v) is 11.1. The topological polar surface area (TPSA) is 37.3 Å². The summed E-state index contributed by atoms with van der Waals surface area (Å²) >= 11 is 0. The van der Waals surface area contributed by atoms with Crippen molar-refractivity contribution < 1.29 is 9.90 Å². The lowest BCUT2D eigenvalue weighted by Crippen LogP contribution is -2.54. The third kappa shape index (κ3) is 3.28. The molecule has 1 N–H and O–H groups in total. The highest BCUT2D eigenvalue weighted by molar-refractivity contribution is 5.91. The van der Waals surface area contributed by atoms with E-state index in [0.29, 0.717) is 41.8 Å². The van der Waals surface area contributed by atoms with Crippen LogP contribution in [-0.2, 0) is 4.79 Å². The molecule has 2 heteroatoms. The van der Waals surface area contributed by atoms with Crippen molar-refractivity contribution in [1.29, 1.82) is 0 Å². The molecule has 0 heterocycles. The Bertz CT molecular complexity index is 909. The van der Waals surface area contributed by atoms with Gasteiger partial charge in [0.05, 0.1) is 5.60 Å². The van der Waals surface area contributed by atoms with Crippen molar-refractivity contribution in [3.05, 3.63) is 59.2 Å². The van der Waals surface area contributed by atoms with Crippen LogP contribution >= 0.6 is 0 Å². The van der Waals surface area contributed by atoms with Gasteiger partial charge >= 0.3 is 0 Å². The average Bonchev–Trinajstić information content (AvgIpc) is 3.02. The lowest BCUT2D eigenvalue weighted by Gasteiger charge is -2.58. The number of aryl methyl sites for hydroxylation is 1. The quantitative estimate of drug-likeness (QED) is 0.567. The third-order valence-corrected chi connectivity index (χ3v) is 9.65. The van der Waals surface area contributed by atoms with Gasteiger partial charge in [-0.15, -0.1) is 0 Å². The van der Waals surface area contributed by atoms with Crippen molar-refractivity contribution in [3.63, 3.8) is 0 Å². The molecule has 0 aromatic heterocycles. The zero-order valence-corrected chi connectivity index (χ0v) is 19.4. The zero-order chi connectivity index (χ0) is 21.8. The van der Waals surface area contributed by atoms with Crippen LogP contribution in [0.3, 0.4) is 0 Å². The summed E-state index contributed by atoms with van der Waals surface area (Å²) in [6.07, 6.45) is 14.4. The lowest BCUT2D eigenvalue weighted by molar-refractivity contribution is -0.117. The van der Waals surface area contributed by atoms with E-state index in [2.05, 4.69) is 57.2 Å². The van der Waals surface area contributed by atoms with Gasteiger partial charge in [-0.05, 0) is 93.1 Å². The summed E-state index contributed by atoms with van der Waals surface area (Å²) in [5.74, 6) is 3.15. The average molecular weight is 419 g/mol. The lowest BCUT2D eigenvalue weighted by atomic mass is 9.46. The molecule has 0 radical (unpaired) electrons. The molecule has 4 aliphatic carbocycles. The monoisotopic (exact) mass is 418 g/mol. The first-order chi connectivity index (χ1) is 14.9. The van der Waals surface area contributed by atoms with Crippen LogP contribution in [0.5, 0.6) is 0 Å². The Hall–Kier alpha value is -1.67. The number of rotatable bonds is 3. The summed E-state index contributed by atoms with van der Waals surface area (Å²) in [5, 5.41) is 11.9. The Morgan fingerprint density at radius 3 is 2.61 bits per heavy atom. The molecule has 2 nitrogen and oxygen atoms in total. The molecule has 0 bridgehead atoms. The first-order valence-electron chi connectivity index (χ1n) is 12.6. The number of hydrogen-bond acceptors (Lipinski definition) is 2. The number of aliphatic hydroxyl groups is 1. The molecule has 3 fully saturated rings. The van der Waals surface area contributed by atoms with Gasteiger partial charge in [-0.25, -0.2) is 0 Å². The molecule has 1 aromatic rings. The Morgan fingerprint density at radius 1 is 1.10 bits per heavy atom. The third-order valence-electron chi connectivity index (χ3n) is 9.65. The van der Waals surface area contributed by atoms with Crippen LogP contribution in [-0.4, -0.2) is 16.5 Å². The van der Waals surface area contributed by atoms with E-state index in [9.17, 15) is 9.90 Å². The Morgan fingerprint density at radius 2 is 1.87 bits per heavy atom. The van der Waals surface area contributed by atoms with Gasteiger partial charge in [0.2, 0.25) is 0 Å². The van der Waals surface area contributed by atoms with E-state index < -0.39 is 5.60 Å². The summed E-state index contributed by atoms with van der Waals surface area (Å²) in [4.78, 5) is 12.2. The SMILES string of the molecule is CC/C=C\[C@]1(O)CCC2C3CCC4=CC(=O)CC[C@@H]4C3[C@@H](c3ccc(C)cc3)C[C@@]21C. The van der Waals surface area contributed by atoms with Gasteiger partial charge in [-0.3, -0.25) is 4.79 Å². The minimum atomic E-state index is -0.694. The van der Waals surface area contributed by atoms with E-state index in [4.69, 9.17) is 0 Å². The van der Waals surface area contributed by atoms with Crippen molar-refractivity contribution in [2.75, 3.05) is 0 Å². The van der Waals surface area contributed by atoms with E-state index in [0.717, 1.165) is 38.5 Å². The second kappa shape index (κ2) is 7.73. The molecule has 3 unspecified atom stereocenters. The molecule has 5 rings (SSSR count). The molecule has 7 atom stereocenters. The molecule has 0 saturated heterocycles. The molecule has 3 saturated carbocycles. The first-order valence-corrected chi connectivity index (χ1v) is 12.6. The highest BCUT2D eigenvalue weighted by Gasteiger charge is 2.63. The predicted molar refractivity (Wildman–Crippen MR) is 126 cm³/mol. The van der Waals surface area contributed by atoms with Gasteiger partial charge < -0.3 is 5.11 Å². The maximum atomic E-state index is 12.2. The summed E-state index contributed by atoms with van der Waals surface area (Å²) in [7, 11) is 0. The fourth-order valence-electron chi connectivity index (χ4n) is 8.09. The van der Waals surface area contributed by atoms with Gasteiger partial charge in [0.25, 0.3) is 0 Å². The largest absolute Gasteiger partial charge is 0.385 e. The summed E-state index contributed by atoms with van der Waals surface area (Å²) in [5.41, 5.74) is 3.39. The van der Waals surface area contributed by atoms with Crippen LogP contribution in [0.2, 0.25) is 0 Å². The number of hydrogen-bond donors (Lipinski definition) is 1. The Labute approximate surface area is 187 Å². The Balaban J connectivity index is 1.60. The van der Waals surface area contributed by atoms with Gasteiger partial charge in [0.15, 0.2) is 5.78 Å². The predicted octanol–water partition coefficient (Wildman–Crippen LogP) is 6.53. The van der Waals surface area contributed by atoms with Crippen LogP contribution < -0.4 is 0 Å². The molecule has 0 spiro atoms. The normalized spacial score (nSPS) is 42.1. The molecule has 0 aliphatic heterocycles. The number of ketones is 1. The first kappa shape index (κ1) is 21.2. The van der Waals surface area contributed by atoms with Crippen LogP contribution in [0.15, 0.2) is 48.1 Å². The fourth-order valence-corrected chi connectivity index (χ4v) is 8.09. The zero-order valence-electron chi connectivity index (χ0n) is 19.4. The van der Waals surface area contributed by atoms with Crippen molar-refractivity contribution in [2.45, 2.75) is 83.7 Å². The van der Waals surface area contributed by atoms with E-state index in [1.54, 1.807) is 0 Å². The van der Waals surface area contributed by atoms with Crippen molar-refractivity contribution in [1.82, 2.24) is 0 Å². The van der Waals surface area contributed by atoms with Crippen LogP contribution in [0.1, 0.15) is 82.3 Å². The molecular formula is C29H38O2. The summed E-state index contributed by atoms with van der Waals surface area (Å²) in [6.45, 7) is 6.70. The summed E-state index contributed by atoms with van der Waals surface area (Å²) < 4.78 is 0. The van der Waals surface area contributed by atoms with E-state index >= 15 is 0 Å². The number of carbonyl (C=O) groups excluding carboxylic acids is 1. The van der Waals surface area contributed by atoms with Crippen molar-refractivity contribution >= 4 is 5.78 Å². The number of allylic oxidation sites excluding steroid dienone is 2. The van der Waals surface area contributed by atoms with Crippen molar-refractivity contribution in [2.24, 2.45) is 29.1 Å². The second-order valence-electron chi connectivity index (χ2n) is 11.1. The summed E-state index contributed by atoms with van der Waals surface area (Å²) in [6, 6.07) is 9.17. The molecule has 0 amide bonds. The maximum absolute atomic E-state index is 12.2. The van der Waals surface area contributed by atoms with E-state index in [-0.39, 0.29) is 5.41 Å². The van der Waals surface area contributed by atoms with Crippen LogP contribution in [0.4, 0.5) is 0 Å². The molecule has 166 valence electrons. The van der Waals surface area contributed by atoms with Crippen LogP contribution in [0.25, 0.3) is 0 Å².